The van der Waals surface area contributed by atoms with Crippen LogP contribution in [0.15, 0.2) is 41.5 Å². The molecule has 3 aliphatic rings. The van der Waals surface area contributed by atoms with Gasteiger partial charge in [-0.25, -0.2) is 0 Å². The maximum Gasteiger partial charge on any atom is 0.321 e. The van der Waals surface area contributed by atoms with E-state index in [-0.39, 0.29) is 33.1 Å². The predicted molar refractivity (Wildman–Crippen MR) is 117 cm³/mol. The number of halogens is 2. The van der Waals surface area contributed by atoms with Crippen molar-refractivity contribution >= 4 is 22.5 Å². The van der Waals surface area contributed by atoms with Crippen molar-refractivity contribution in [3.8, 4) is 5.75 Å². The molecule has 1 aromatic carbocycles. The van der Waals surface area contributed by atoms with Gasteiger partial charge in [0.1, 0.15) is 11.4 Å². The van der Waals surface area contributed by atoms with Crippen LogP contribution in [0.2, 0.25) is 0 Å². The van der Waals surface area contributed by atoms with Crippen LogP contribution in [-0.2, 0) is 10.3 Å². The maximum absolute atomic E-state index is 13.1. The third-order valence-corrected chi connectivity index (χ3v) is 6.23. The summed E-state index contributed by atoms with van der Waals surface area (Å²) in [7, 11) is 0. The predicted octanol–water partition coefficient (Wildman–Crippen LogP) is 3.91. The van der Waals surface area contributed by atoms with Crippen molar-refractivity contribution < 1.29 is 23.0 Å². The number of fused-ring (bicyclic) bond motifs is 2. The third-order valence-electron chi connectivity index (χ3n) is 6.23. The third kappa shape index (κ3) is 3.58. The molecule has 4 heterocycles. The van der Waals surface area contributed by atoms with Crippen molar-refractivity contribution in [2.75, 3.05) is 11.9 Å². The van der Waals surface area contributed by atoms with Crippen molar-refractivity contribution in [1.82, 2.24) is 14.3 Å². The second kappa shape index (κ2) is 7.38. The molecule has 3 fully saturated rings. The fourth-order valence-electron chi connectivity index (χ4n) is 4.85. The number of nitrogens with zero attached hydrogens (tertiary/aromatic N) is 3. The molecule has 2 aliphatic heterocycles. The molecule has 1 amide bonds. The summed E-state index contributed by atoms with van der Waals surface area (Å²) in [5, 5.41) is 7.90. The molecule has 0 unspecified atom stereocenters. The van der Waals surface area contributed by atoms with Gasteiger partial charge in [0, 0.05) is 36.7 Å². The SMILES string of the molecule is CC(C)Oc1cc2nn(C34COC(C)(C3)C4)cc2cc1C(=O)Nc1cccn(C(F)F)c1=O. The van der Waals surface area contributed by atoms with Crippen molar-refractivity contribution in [2.45, 2.75) is 57.4 Å². The highest BCUT2D eigenvalue weighted by molar-refractivity contribution is 6.08. The topological polar surface area (TPSA) is 87.4 Å². The molecule has 174 valence electrons. The number of benzene rings is 1. The number of anilines is 1. The Hall–Kier alpha value is -3.27. The summed E-state index contributed by atoms with van der Waals surface area (Å²) in [5.41, 5.74) is -0.674. The molecule has 1 saturated carbocycles. The Kier molecular flexibility index (Phi) is 4.82. The smallest absolute Gasteiger partial charge is 0.321 e. The highest BCUT2D eigenvalue weighted by Gasteiger charge is 2.61. The Morgan fingerprint density at radius 1 is 1.30 bits per heavy atom. The van der Waals surface area contributed by atoms with Gasteiger partial charge < -0.3 is 14.8 Å². The summed E-state index contributed by atoms with van der Waals surface area (Å²) in [6, 6.07) is 5.89. The first-order valence-corrected chi connectivity index (χ1v) is 10.7. The quantitative estimate of drug-likeness (QED) is 0.605. The fourth-order valence-corrected chi connectivity index (χ4v) is 4.85. The fraction of sp³-hybridized carbons (Fsp3) is 0.435. The average molecular weight is 458 g/mol. The molecule has 6 rings (SSSR count). The van der Waals surface area contributed by atoms with E-state index in [4.69, 9.17) is 14.6 Å². The molecule has 2 bridgehead atoms. The van der Waals surface area contributed by atoms with E-state index in [0.29, 0.717) is 17.9 Å². The summed E-state index contributed by atoms with van der Waals surface area (Å²) < 4.78 is 40.0. The Balaban J connectivity index is 1.52. The van der Waals surface area contributed by atoms with Crippen LogP contribution >= 0.6 is 0 Å². The van der Waals surface area contributed by atoms with Crippen LogP contribution in [0, 0.1) is 0 Å². The van der Waals surface area contributed by atoms with Gasteiger partial charge in [-0.3, -0.25) is 18.8 Å². The normalized spacial score (nSPS) is 23.8. The van der Waals surface area contributed by atoms with Crippen LogP contribution in [-0.4, -0.2) is 38.6 Å². The lowest BCUT2D eigenvalue weighted by Crippen LogP contribution is -2.49. The molecule has 0 spiro atoms. The van der Waals surface area contributed by atoms with E-state index < -0.39 is 18.0 Å². The molecule has 1 N–H and O–H groups in total. The lowest BCUT2D eigenvalue weighted by Gasteiger charge is -2.42. The molecular formula is C23H24F2N4O4. The Bertz CT molecular complexity index is 1310. The molecule has 1 aliphatic carbocycles. The molecule has 0 radical (unpaired) electrons. The summed E-state index contributed by atoms with van der Waals surface area (Å²) >= 11 is 0. The number of carbonyl (C=O) groups excluding carboxylic acids is 1. The number of hydrogen-bond acceptors (Lipinski definition) is 5. The molecule has 10 heteroatoms. The first-order valence-electron chi connectivity index (χ1n) is 10.7. The zero-order valence-electron chi connectivity index (χ0n) is 18.5. The number of ether oxygens (including phenoxy) is 2. The van der Waals surface area contributed by atoms with Crippen molar-refractivity contribution in [3.63, 3.8) is 0 Å². The number of pyridine rings is 1. The second-order valence-corrected chi connectivity index (χ2v) is 9.33. The minimum Gasteiger partial charge on any atom is -0.490 e. The van der Waals surface area contributed by atoms with Crippen LogP contribution in [0.4, 0.5) is 14.5 Å². The van der Waals surface area contributed by atoms with E-state index in [1.807, 2.05) is 24.7 Å². The average Bonchev–Trinajstić information content (AvgIpc) is 3.38. The van der Waals surface area contributed by atoms with Gasteiger partial charge in [0.05, 0.1) is 34.9 Å². The van der Waals surface area contributed by atoms with Crippen molar-refractivity contribution in [3.05, 3.63) is 52.6 Å². The van der Waals surface area contributed by atoms with E-state index in [2.05, 4.69) is 12.2 Å². The molecule has 2 aromatic heterocycles. The maximum atomic E-state index is 13.1. The van der Waals surface area contributed by atoms with E-state index in [9.17, 15) is 18.4 Å². The van der Waals surface area contributed by atoms with Gasteiger partial charge in [-0.1, -0.05) is 0 Å². The van der Waals surface area contributed by atoms with Crippen LogP contribution in [0.5, 0.6) is 5.75 Å². The van der Waals surface area contributed by atoms with Gasteiger partial charge in [0.15, 0.2) is 0 Å². The van der Waals surface area contributed by atoms with Crippen LogP contribution in [0.1, 0.15) is 50.5 Å². The number of alkyl halides is 2. The van der Waals surface area contributed by atoms with E-state index in [1.165, 1.54) is 12.1 Å². The molecule has 8 nitrogen and oxygen atoms in total. The first kappa shape index (κ1) is 21.6. The minimum atomic E-state index is -3.01. The number of rotatable bonds is 6. The summed E-state index contributed by atoms with van der Waals surface area (Å²) in [5.74, 6) is -0.341. The number of nitrogens with one attached hydrogen (secondary N) is 1. The van der Waals surface area contributed by atoms with Gasteiger partial charge >= 0.3 is 6.55 Å². The lowest BCUT2D eigenvalue weighted by atomic mass is 9.69. The summed E-state index contributed by atoms with van der Waals surface area (Å²) in [6.45, 7) is 3.32. The lowest BCUT2D eigenvalue weighted by molar-refractivity contribution is 0.00383. The summed E-state index contributed by atoms with van der Waals surface area (Å²) in [6.07, 6.45) is 4.38. The monoisotopic (exact) mass is 458 g/mol. The van der Waals surface area contributed by atoms with Gasteiger partial charge in [-0.2, -0.15) is 13.9 Å². The summed E-state index contributed by atoms with van der Waals surface area (Å²) in [4.78, 5) is 25.4. The highest BCUT2D eigenvalue weighted by Crippen LogP contribution is 2.55. The highest BCUT2D eigenvalue weighted by atomic mass is 19.3. The van der Waals surface area contributed by atoms with E-state index in [1.54, 1.807) is 12.1 Å². The molecule has 3 aromatic rings. The number of hydrogen-bond donors (Lipinski definition) is 1. The number of carbonyl (C=O) groups is 1. The molecule has 2 saturated heterocycles. The number of aromatic nitrogens is 3. The van der Waals surface area contributed by atoms with Crippen LogP contribution in [0.25, 0.3) is 10.9 Å². The van der Waals surface area contributed by atoms with Gasteiger partial charge in [-0.05, 0) is 39.0 Å². The zero-order valence-corrected chi connectivity index (χ0v) is 18.5. The Labute approximate surface area is 188 Å². The molecular weight excluding hydrogens is 434 g/mol. The zero-order chi connectivity index (χ0) is 23.5. The second-order valence-electron chi connectivity index (χ2n) is 9.33. The Morgan fingerprint density at radius 3 is 2.70 bits per heavy atom. The van der Waals surface area contributed by atoms with E-state index >= 15 is 0 Å². The minimum absolute atomic E-state index is 0.101. The van der Waals surface area contributed by atoms with Gasteiger partial charge in [0.2, 0.25) is 0 Å². The molecule has 33 heavy (non-hydrogen) atoms. The van der Waals surface area contributed by atoms with Gasteiger partial charge in [-0.15, -0.1) is 0 Å². The largest absolute Gasteiger partial charge is 0.490 e. The first-order chi connectivity index (χ1) is 15.6. The molecule has 0 atom stereocenters. The van der Waals surface area contributed by atoms with Gasteiger partial charge in [0.25, 0.3) is 11.5 Å². The Morgan fingerprint density at radius 2 is 2.06 bits per heavy atom. The van der Waals surface area contributed by atoms with E-state index in [0.717, 1.165) is 24.4 Å². The number of amides is 1. The van der Waals surface area contributed by atoms with Crippen LogP contribution < -0.4 is 15.6 Å². The van der Waals surface area contributed by atoms with Crippen LogP contribution in [0.3, 0.4) is 0 Å². The van der Waals surface area contributed by atoms with Crippen molar-refractivity contribution in [1.29, 1.82) is 0 Å². The standard InChI is InChI=1S/C23H24F2N4O4/c1-13(2)33-18-8-17-14(9-29(27-17)23-10-22(3,11-23)32-12-23)7-15(18)19(30)26-16-5-4-6-28(20(16)31)21(24)25/h4-9,13,21H,10-12H2,1-3H3,(H,26,30). The van der Waals surface area contributed by atoms with Crippen molar-refractivity contribution in [2.24, 2.45) is 0 Å².